The predicted molar refractivity (Wildman–Crippen MR) is 223 cm³/mol. The molecule has 0 N–H and O–H groups in total. The quantitative estimate of drug-likeness (QED) is 0.184. The summed E-state index contributed by atoms with van der Waals surface area (Å²) in [5.41, 5.74) is 10.6. The van der Waals surface area contributed by atoms with E-state index in [1.54, 1.807) is 0 Å². The first-order valence-corrected chi connectivity index (χ1v) is 18.2. The maximum absolute atomic E-state index is 6.70. The largest absolute Gasteiger partial charge is 0.456 e. The van der Waals surface area contributed by atoms with Crippen molar-refractivity contribution in [1.82, 2.24) is 0 Å². The molecule has 0 atom stereocenters. The Labute approximate surface area is 308 Å². The highest BCUT2D eigenvalue weighted by atomic mass is 16.3. The smallest absolute Gasteiger partial charge is 0.143 e. The van der Waals surface area contributed by atoms with Gasteiger partial charge in [-0.2, -0.15) is 0 Å². The molecule has 0 amide bonds. The lowest BCUT2D eigenvalue weighted by molar-refractivity contribution is 0.669. The minimum absolute atomic E-state index is 0.844. The van der Waals surface area contributed by atoms with Gasteiger partial charge in [-0.05, 0) is 88.6 Å². The molecule has 0 aliphatic heterocycles. The first-order valence-electron chi connectivity index (χ1n) is 18.2. The molecular weight excluding hydrogens is 663 g/mol. The van der Waals surface area contributed by atoms with Crippen molar-refractivity contribution in [3.05, 3.63) is 176 Å². The molecule has 0 spiro atoms. The molecule has 4 heteroatoms. The van der Waals surface area contributed by atoms with Gasteiger partial charge in [0.15, 0.2) is 0 Å². The SMILES string of the molecule is c1cc(-c2cccc3oc4c5ccccc5ccc4c23)cc(N(c2ccc3oc4ccccc4c3c2)c2cccc3oc4c5ccccc5ccc4c23)c1. The molecule has 3 aromatic heterocycles. The summed E-state index contributed by atoms with van der Waals surface area (Å²) in [5.74, 6) is 0. The lowest BCUT2D eigenvalue weighted by Gasteiger charge is -2.27. The van der Waals surface area contributed by atoms with Crippen molar-refractivity contribution < 1.29 is 13.3 Å². The zero-order valence-electron chi connectivity index (χ0n) is 28.9. The van der Waals surface area contributed by atoms with Crippen LogP contribution in [0.25, 0.3) is 98.5 Å². The van der Waals surface area contributed by atoms with E-state index in [9.17, 15) is 0 Å². The molecule has 0 aliphatic rings. The molecule has 0 bridgehead atoms. The van der Waals surface area contributed by atoms with Crippen LogP contribution < -0.4 is 4.90 Å². The van der Waals surface area contributed by atoms with E-state index >= 15 is 0 Å². The molecule has 0 radical (unpaired) electrons. The van der Waals surface area contributed by atoms with Gasteiger partial charge < -0.3 is 18.2 Å². The van der Waals surface area contributed by atoms with Gasteiger partial charge in [-0.25, -0.2) is 0 Å². The number of furan rings is 3. The van der Waals surface area contributed by atoms with Crippen LogP contribution in [0.4, 0.5) is 17.1 Å². The van der Waals surface area contributed by atoms with Crippen molar-refractivity contribution in [3.63, 3.8) is 0 Å². The van der Waals surface area contributed by atoms with E-state index in [0.29, 0.717) is 0 Å². The average molecular weight is 692 g/mol. The third kappa shape index (κ3) is 4.19. The van der Waals surface area contributed by atoms with Crippen molar-refractivity contribution in [3.8, 4) is 11.1 Å². The van der Waals surface area contributed by atoms with Crippen molar-refractivity contribution in [2.24, 2.45) is 0 Å². The van der Waals surface area contributed by atoms with E-state index < -0.39 is 0 Å². The zero-order valence-corrected chi connectivity index (χ0v) is 28.9. The molecular formula is C50H29NO3. The Morgan fingerprint density at radius 2 is 0.926 bits per heavy atom. The van der Waals surface area contributed by atoms with Gasteiger partial charge in [-0.1, -0.05) is 109 Å². The van der Waals surface area contributed by atoms with Gasteiger partial charge in [0.2, 0.25) is 0 Å². The molecule has 0 saturated heterocycles. The zero-order chi connectivity index (χ0) is 35.3. The highest BCUT2D eigenvalue weighted by molar-refractivity contribution is 6.21. The highest BCUT2D eigenvalue weighted by Crippen LogP contribution is 2.47. The molecule has 12 aromatic rings. The van der Waals surface area contributed by atoms with Crippen molar-refractivity contribution in [2.75, 3.05) is 4.90 Å². The summed E-state index contributed by atoms with van der Waals surface area (Å²) in [5, 5.41) is 11.1. The van der Waals surface area contributed by atoms with Crippen LogP contribution in [0.2, 0.25) is 0 Å². The number of hydrogen-bond acceptors (Lipinski definition) is 4. The number of benzene rings is 9. The minimum Gasteiger partial charge on any atom is -0.456 e. The molecule has 3 heterocycles. The normalized spacial score (nSPS) is 12.1. The lowest BCUT2D eigenvalue weighted by atomic mass is 9.97. The first kappa shape index (κ1) is 29.3. The van der Waals surface area contributed by atoms with E-state index in [2.05, 4.69) is 169 Å². The van der Waals surface area contributed by atoms with Gasteiger partial charge in [0.1, 0.15) is 33.5 Å². The number of nitrogens with zero attached hydrogens (tertiary/aromatic N) is 1. The van der Waals surface area contributed by atoms with Gasteiger partial charge in [-0.3, -0.25) is 0 Å². The fourth-order valence-electron chi connectivity index (χ4n) is 8.61. The van der Waals surface area contributed by atoms with Gasteiger partial charge in [-0.15, -0.1) is 0 Å². The van der Waals surface area contributed by atoms with Crippen LogP contribution in [0.3, 0.4) is 0 Å². The van der Waals surface area contributed by atoms with Gasteiger partial charge in [0, 0.05) is 49.1 Å². The monoisotopic (exact) mass is 691 g/mol. The fourth-order valence-corrected chi connectivity index (χ4v) is 8.61. The molecule has 0 aliphatic carbocycles. The molecule has 54 heavy (non-hydrogen) atoms. The van der Waals surface area contributed by atoms with E-state index in [-0.39, 0.29) is 0 Å². The van der Waals surface area contributed by atoms with E-state index in [1.165, 1.54) is 5.39 Å². The summed E-state index contributed by atoms with van der Waals surface area (Å²) in [6.07, 6.45) is 0. The van der Waals surface area contributed by atoms with Crippen molar-refractivity contribution >= 4 is 104 Å². The molecule has 0 fully saturated rings. The second-order valence-electron chi connectivity index (χ2n) is 14.0. The summed E-state index contributed by atoms with van der Waals surface area (Å²) in [6, 6.07) is 61.9. The second-order valence-corrected chi connectivity index (χ2v) is 14.0. The van der Waals surface area contributed by atoms with Crippen LogP contribution in [0, 0.1) is 0 Å². The van der Waals surface area contributed by atoms with Crippen LogP contribution in [0.1, 0.15) is 0 Å². The maximum atomic E-state index is 6.70. The third-order valence-corrected chi connectivity index (χ3v) is 11.0. The molecule has 4 nitrogen and oxygen atoms in total. The second kappa shape index (κ2) is 11.1. The lowest BCUT2D eigenvalue weighted by Crippen LogP contribution is -2.10. The van der Waals surface area contributed by atoms with E-state index in [0.717, 1.165) is 110 Å². The molecule has 252 valence electrons. The standard InChI is InChI=1S/C50H29NO3/c1-3-14-36-30(10-1)22-25-39-47-35(17-8-20-45(47)53-49(36)39)32-12-7-13-33(28-32)51(34-24-27-44-41(29-34)38-16-5-6-19-43(38)52-44)42-18-9-21-46-48(42)40-26-23-31-11-2-4-15-37(31)50(40)54-46/h1-29H. The Morgan fingerprint density at radius 1 is 0.333 bits per heavy atom. The average Bonchev–Trinajstić information content (AvgIpc) is 3.93. The summed E-state index contributed by atoms with van der Waals surface area (Å²) in [4.78, 5) is 2.36. The Morgan fingerprint density at radius 3 is 1.70 bits per heavy atom. The van der Waals surface area contributed by atoms with Crippen LogP contribution in [0.15, 0.2) is 189 Å². The first-order chi connectivity index (χ1) is 26.8. The molecule has 9 aromatic carbocycles. The fraction of sp³-hybridized carbons (Fsp3) is 0. The van der Waals surface area contributed by atoms with Crippen LogP contribution in [-0.4, -0.2) is 0 Å². The topological polar surface area (TPSA) is 42.7 Å². The van der Waals surface area contributed by atoms with Crippen molar-refractivity contribution in [2.45, 2.75) is 0 Å². The minimum atomic E-state index is 0.844. The summed E-state index contributed by atoms with van der Waals surface area (Å²) in [6.45, 7) is 0. The van der Waals surface area contributed by atoms with Gasteiger partial charge >= 0.3 is 0 Å². The Kier molecular flexibility index (Phi) is 6.02. The number of anilines is 3. The molecule has 12 rings (SSSR count). The summed E-state index contributed by atoms with van der Waals surface area (Å²) < 4.78 is 19.6. The van der Waals surface area contributed by atoms with Crippen molar-refractivity contribution in [1.29, 1.82) is 0 Å². The van der Waals surface area contributed by atoms with E-state index in [4.69, 9.17) is 13.3 Å². The number of hydrogen-bond donors (Lipinski definition) is 0. The molecule has 0 saturated carbocycles. The van der Waals surface area contributed by atoms with Gasteiger partial charge in [0.25, 0.3) is 0 Å². The third-order valence-electron chi connectivity index (χ3n) is 11.0. The van der Waals surface area contributed by atoms with Crippen LogP contribution in [-0.2, 0) is 0 Å². The molecule has 0 unspecified atom stereocenters. The predicted octanol–water partition coefficient (Wildman–Crippen LogP) is 14.8. The van der Waals surface area contributed by atoms with Gasteiger partial charge in [0.05, 0.1) is 11.1 Å². The number of rotatable bonds is 4. The Balaban J connectivity index is 1.12. The van der Waals surface area contributed by atoms with Crippen LogP contribution >= 0.6 is 0 Å². The maximum Gasteiger partial charge on any atom is 0.143 e. The summed E-state index contributed by atoms with van der Waals surface area (Å²) >= 11 is 0. The van der Waals surface area contributed by atoms with E-state index in [1.807, 2.05) is 12.1 Å². The Hall–Kier alpha value is -7.30. The Bertz CT molecular complexity index is 3470. The highest BCUT2D eigenvalue weighted by Gasteiger charge is 2.22. The van der Waals surface area contributed by atoms with Crippen LogP contribution in [0.5, 0.6) is 0 Å². The number of fused-ring (bicyclic) bond motifs is 13. The summed E-state index contributed by atoms with van der Waals surface area (Å²) in [7, 11) is 0. The number of para-hydroxylation sites is 1.